The van der Waals surface area contributed by atoms with Crippen LogP contribution in [0.1, 0.15) is 4.88 Å². The Bertz CT molecular complexity index is 702. The zero-order valence-electron chi connectivity index (χ0n) is 9.78. The second-order valence-electron chi connectivity index (χ2n) is 3.85. The van der Waals surface area contributed by atoms with Crippen molar-refractivity contribution in [3.63, 3.8) is 0 Å². The molecule has 0 spiro atoms. The lowest BCUT2D eigenvalue weighted by Crippen LogP contribution is -2.06. The van der Waals surface area contributed by atoms with E-state index in [-0.39, 0.29) is 5.82 Å². The van der Waals surface area contributed by atoms with E-state index in [9.17, 15) is 10.1 Å². The Morgan fingerprint density at radius 1 is 1.42 bits per heavy atom. The molecule has 0 aliphatic heterocycles. The Morgan fingerprint density at radius 2 is 2.32 bits per heavy atom. The van der Waals surface area contributed by atoms with Gasteiger partial charge in [-0.3, -0.25) is 0 Å². The first kappa shape index (κ1) is 12.1. The van der Waals surface area contributed by atoms with Crippen LogP contribution in [0.25, 0.3) is 4.96 Å². The van der Waals surface area contributed by atoms with E-state index in [0.29, 0.717) is 17.3 Å². The highest BCUT2D eigenvalue weighted by Crippen LogP contribution is 2.27. The predicted molar refractivity (Wildman–Crippen MR) is 76.2 cm³/mol. The average molecular weight is 294 g/mol. The van der Waals surface area contributed by atoms with Crippen molar-refractivity contribution in [2.24, 2.45) is 0 Å². The molecular weight excluding hydrogens is 284 g/mol. The van der Waals surface area contributed by atoms with Crippen LogP contribution in [0, 0.1) is 10.1 Å². The Labute approximate surface area is 116 Å². The molecule has 3 rings (SSSR count). The minimum atomic E-state index is -0.403. The fourth-order valence-electron chi connectivity index (χ4n) is 1.83. The molecule has 6 nitrogen and oxygen atoms in total. The molecule has 3 aromatic rings. The van der Waals surface area contributed by atoms with Gasteiger partial charge in [-0.05, 0) is 22.8 Å². The number of thiophene rings is 1. The molecule has 0 radical (unpaired) electrons. The molecule has 0 atom stereocenters. The lowest BCUT2D eigenvalue weighted by molar-refractivity contribution is -0.389. The minimum Gasteiger partial charge on any atom is -0.363 e. The smallest absolute Gasteiger partial charge is 0.363 e. The van der Waals surface area contributed by atoms with E-state index in [4.69, 9.17) is 0 Å². The van der Waals surface area contributed by atoms with E-state index in [1.165, 1.54) is 20.6 Å². The molecule has 0 aliphatic rings. The summed E-state index contributed by atoms with van der Waals surface area (Å²) in [5.74, 6) is 0.343. The number of aromatic nitrogens is 2. The van der Waals surface area contributed by atoms with E-state index in [2.05, 4.69) is 10.3 Å². The molecule has 0 amide bonds. The fourth-order valence-corrected chi connectivity index (χ4v) is 3.24. The summed E-state index contributed by atoms with van der Waals surface area (Å²) < 4.78 is 1.50. The molecule has 3 aromatic heterocycles. The molecule has 0 saturated heterocycles. The van der Waals surface area contributed by atoms with Gasteiger partial charge in [-0.1, -0.05) is 17.4 Å². The average Bonchev–Trinajstić information content (AvgIpc) is 3.02. The maximum Gasteiger partial charge on any atom is 0.372 e. The molecule has 0 aromatic carbocycles. The second kappa shape index (κ2) is 4.98. The van der Waals surface area contributed by atoms with Crippen LogP contribution in [0.2, 0.25) is 0 Å². The number of nitro groups is 1. The normalized spacial score (nSPS) is 10.9. The topological polar surface area (TPSA) is 72.5 Å². The Kier molecular flexibility index (Phi) is 3.18. The van der Waals surface area contributed by atoms with E-state index in [0.717, 1.165) is 6.42 Å². The number of thiazole rings is 1. The van der Waals surface area contributed by atoms with Crippen molar-refractivity contribution in [3.8, 4) is 0 Å². The number of hydrogen-bond donors (Lipinski definition) is 1. The third kappa shape index (κ3) is 2.32. The summed E-state index contributed by atoms with van der Waals surface area (Å²) in [5.41, 5.74) is 0. The van der Waals surface area contributed by atoms with Crippen LogP contribution in [0.15, 0.2) is 29.1 Å². The number of imidazole rings is 1. The molecule has 0 bridgehead atoms. The third-order valence-corrected chi connectivity index (χ3v) is 4.35. The second-order valence-corrected chi connectivity index (χ2v) is 5.76. The van der Waals surface area contributed by atoms with Gasteiger partial charge in [0.25, 0.3) is 4.96 Å². The SMILES string of the molecule is O=[N+]([O-])c1c(NCCc2cccs2)nc2sccn12. The highest BCUT2D eigenvalue weighted by Gasteiger charge is 2.22. The van der Waals surface area contributed by atoms with Crippen molar-refractivity contribution in [1.29, 1.82) is 0 Å². The number of nitrogens with one attached hydrogen (secondary N) is 1. The summed E-state index contributed by atoms with van der Waals surface area (Å²) in [6, 6.07) is 4.04. The molecular formula is C11H10N4O2S2. The number of fused-ring (bicyclic) bond motifs is 1. The van der Waals surface area contributed by atoms with Gasteiger partial charge < -0.3 is 15.4 Å². The highest BCUT2D eigenvalue weighted by molar-refractivity contribution is 7.15. The lowest BCUT2D eigenvalue weighted by Gasteiger charge is -2.01. The molecule has 0 saturated carbocycles. The van der Waals surface area contributed by atoms with Gasteiger partial charge in [0.05, 0.1) is 0 Å². The number of nitrogens with zero attached hydrogens (tertiary/aromatic N) is 3. The molecule has 98 valence electrons. The summed E-state index contributed by atoms with van der Waals surface area (Å²) in [6.45, 7) is 0.631. The van der Waals surface area contributed by atoms with Gasteiger partial charge >= 0.3 is 5.82 Å². The summed E-state index contributed by atoms with van der Waals surface area (Å²) in [7, 11) is 0. The first-order valence-electron chi connectivity index (χ1n) is 5.62. The molecule has 19 heavy (non-hydrogen) atoms. The molecule has 0 fully saturated rings. The number of anilines is 1. The largest absolute Gasteiger partial charge is 0.372 e. The summed E-state index contributed by atoms with van der Waals surface area (Å²) in [6.07, 6.45) is 2.50. The van der Waals surface area contributed by atoms with E-state index < -0.39 is 4.92 Å². The van der Waals surface area contributed by atoms with Crippen molar-refractivity contribution >= 4 is 39.3 Å². The zero-order valence-corrected chi connectivity index (χ0v) is 11.4. The van der Waals surface area contributed by atoms with Crippen molar-refractivity contribution in [1.82, 2.24) is 9.38 Å². The van der Waals surface area contributed by atoms with Gasteiger partial charge in [0, 0.05) is 16.8 Å². The Balaban J connectivity index is 1.78. The van der Waals surface area contributed by atoms with Crippen molar-refractivity contribution in [2.75, 3.05) is 11.9 Å². The van der Waals surface area contributed by atoms with Crippen LogP contribution in [-0.4, -0.2) is 20.9 Å². The standard InChI is InChI=1S/C11H10N4O2S2/c16-15(17)10-9(13-11-14(10)5-7-19-11)12-4-3-8-2-1-6-18-8/h1-2,5-7,12H,3-4H2. The van der Waals surface area contributed by atoms with Crippen molar-refractivity contribution in [3.05, 3.63) is 44.1 Å². The quantitative estimate of drug-likeness (QED) is 0.580. The number of hydrogen-bond acceptors (Lipinski definition) is 6. The van der Waals surface area contributed by atoms with Gasteiger partial charge in [0.1, 0.15) is 6.20 Å². The van der Waals surface area contributed by atoms with Crippen molar-refractivity contribution < 1.29 is 4.92 Å². The first-order valence-corrected chi connectivity index (χ1v) is 7.38. The van der Waals surface area contributed by atoms with Crippen LogP contribution in [-0.2, 0) is 6.42 Å². The van der Waals surface area contributed by atoms with Crippen LogP contribution in [0.5, 0.6) is 0 Å². The summed E-state index contributed by atoms with van der Waals surface area (Å²) in [4.78, 5) is 16.8. The maximum atomic E-state index is 11.1. The van der Waals surface area contributed by atoms with Gasteiger partial charge in [-0.25, -0.2) is 0 Å². The van der Waals surface area contributed by atoms with Gasteiger partial charge in [0.2, 0.25) is 5.82 Å². The van der Waals surface area contributed by atoms with Gasteiger partial charge in [0.15, 0.2) is 0 Å². The van der Waals surface area contributed by atoms with Crippen LogP contribution < -0.4 is 5.32 Å². The van der Waals surface area contributed by atoms with E-state index in [1.54, 1.807) is 22.9 Å². The Hall–Kier alpha value is -1.93. The monoisotopic (exact) mass is 294 g/mol. The molecule has 0 aliphatic carbocycles. The zero-order chi connectivity index (χ0) is 13.2. The Morgan fingerprint density at radius 3 is 3.05 bits per heavy atom. The van der Waals surface area contributed by atoms with Crippen molar-refractivity contribution in [2.45, 2.75) is 6.42 Å². The summed E-state index contributed by atoms with van der Waals surface area (Å²) in [5, 5.41) is 17.9. The van der Waals surface area contributed by atoms with Crippen LogP contribution >= 0.6 is 22.7 Å². The molecule has 0 unspecified atom stereocenters. The van der Waals surface area contributed by atoms with E-state index in [1.807, 2.05) is 17.5 Å². The number of rotatable bonds is 5. The minimum absolute atomic E-state index is 0.00225. The van der Waals surface area contributed by atoms with Gasteiger partial charge in [-0.15, -0.1) is 11.3 Å². The molecule has 3 heterocycles. The lowest BCUT2D eigenvalue weighted by atomic mass is 10.3. The first-order chi connectivity index (χ1) is 9.25. The molecule has 1 N–H and O–H groups in total. The summed E-state index contributed by atoms with van der Waals surface area (Å²) >= 11 is 3.06. The maximum absolute atomic E-state index is 11.1. The van der Waals surface area contributed by atoms with E-state index >= 15 is 0 Å². The fraction of sp³-hybridized carbons (Fsp3) is 0.182. The highest BCUT2D eigenvalue weighted by atomic mass is 32.1. The predicted octanol–water partition coefficient (Wildman–Crippen LogP) is 3.02. The van der Waals surface area contributed by atoms with Gasteiger partial charge in [-0.2, -0.15) is 9.38 Å². The molecule has 8 heteroatoms. The van der Waals surface area contributed by atoms with Crippen LogP contribution in [0.3, 0.4) is 0 Å². The third-order valence-electron chi connectivity index (χ3n) is 2.65. The van der Waals surface area contributed by atoms with Crippen LogP contribution in [0.4, 0.5) is 11.6 Å².